The number of rotatable bonds is 5. The van der Waals surface area contributed by atoms with Gasteiger partial charge in [-0.1, -0.05) is 18.5 Å². The number of nitrogens with one attached hydrogen (secondary N) is 1. The molecule has 11 heteroatoms. The normalized spacial score (nSPS) is 18.9. The molecular weight excluding hydrogens is 502 g/mol. The van der Waals surface area contributed by atoms with Crippen LogP contribution in [0.15, 0.2) is 47.4 Å². The number of carbonyl (C=O) groups excluding carboxylic acids is 3. The lowest BCUT2D eigenvalue weighted by Crippen LogP contribution is -2.44. The van der Waals surface area contributed by atoms with Gasteiger partial charge < -0.3 is 20.6 Å². The lowest BCUT2D eigenvalue weighted by molar-refractivity contribution is -0.117. The van der Waals surface area contributed by atoms with Crippen LogP contribution in [0.4, 0.5) is 8.78 Å². The van der Waals surface area contributed by atoms with Crippen LogP contribution >= 0.6 is 11.6 Å². The molecule has 0 aliphatic heterocycles. The number of hydrogen-bond acceptors (Lipinski definition) is 6. The van der Waals surface area contributed by atoms with Crippen LogP contribution in [0, 0.1) is 11.6 Å². The highest BCUT2D eigenvalue weighted by molar-refractivity contribution is 7.92. The molecule has 0 radical (unpaired) electrons. The first-order valence-electron chi connectivity index (χ1n) is 10.6. The standard InChI is InChI=1S/C19H20ClF2NO2S.C3H7NO.2CH2O/c1-23-15-8-10-19(11-9-15,17-12-14(21)4-7-18(17)22)26(24,25)16-5-2-13(20)3-6-16;1-2-3(4)5;2*1-2/h2-7,12,15,23H,8-11H2,1H3;2H2,1H3,(H2,4,5);2*1H2. The molecule has 0 atom stereocenters. The number of nitrogens with two attached hydrogens (primary N) is 1. The predicted molar refractivity (Wildman–Crippen MR) is 132 cm³/mol. The van der Waals surface area contributed by atoms with E-state index in [4.69, 9.17) is 21.2 Å². The lowest BCUT2D eigenvalue weighted by Gasteiger charge is -2.40. The topological polar surface area (TPSA) is 123 Å². The van der Waals surface area contributed by atoms with Gasteiger partial charge in [0.1, 0.15) is 30.0 Å². The van der Waals surface area contributed by atoms with Gasteiger partial charge in [0.05, 0.1) is 4.90 Å². The molecule has 0 saturated heterocycles. The van der Waals surface area contributed by atoms with Crippen molar-refractivity contribution >= 4 is 40.9 Å². The van der Waals surface area contributed by atoms with Gasteiger partial charge in [-0.05, 0) is 75.2 Å². The van der Waals surface area contributed by atoms with E-state index in [2.05, 4.69) is 11.1 Å². The van der Waals surface area contributed by atoms with E-state index in [1.54, 1.807) is 6.92 Å². The SMILES string of the molecule is C=O.C=O.CCC(N)=O.CNC1CCC(c2cc(F)ccc2F)(S(=O)(=O)c2ccc(Cl)cc2)CC1. The highest BCUT2D eigenvalue weighted by atomic mass is 35.5. The van der Waals surface area contributed by atoms with Crippen LogP contribution in [-0.4, -0.2) is 41.0 Å². The summed E-state index contributed by atoms with van der Waals surface area (Å²) >= 11 is 5.87. The fraction of sp³-hybridized carbons (Fsp3) is 0.375. The Morgan fingerprint density at radius 1 is 1.09 bits per heavy atom. The van der Waals surface area contributed by atoms with E-state index in [1.165, 1.54) is 24.3 Å². The van der Waals surface area contributed by atoms with Crippen molar-refractivity contribution in [2.75, 3.05) is 7.05 Å². The number of halogens is 3. The Bertz CT molecular complexity index is 1040. The Hall–Kier alpha value is -2.69. The predicted octanol–water partition coefficient (Wildman–Crippen LogP) is 3.96. The zero-order chi connectivity index (χ0) is 27.2. The molecule has 1 aliphatic carbocycles. The van der Waals surface area contributed by atoms with E-state index in [0.29, 0.717) is 24.3 Å². The number of benzene rings is 2. The maximum Gasteiger partial charge on any atom is 0.217 e. The largest absolute Gasteiger partial charge is 0.370 e. The number of primary amides is 1. The number of carbonyl (C=O) groups is 3. The van der Waals surface area contributed by atoms with E-state index in [0.717, 1.165) is 18.2 Å². The van der Waals surface area contributed by atoms with Crippen LogP contribution in [0.2, 0.25) is 5.02 Å². The number of amides is 1. The molecule has 0 bridgehead atoms. The van der Waals surface area contributed by atoms with Crippen LogP contribution in [0.5, 0.6) is 0 Å². The monoisotopic (exact) mass is 532 g/mol. The molecular formula is C24H31ClF2N2O5S. The van der Waals surface area contributed by atoms with E-state index >= 15 is 0 Å². The number of hydrogen-bond donors (Lipinski definition) is 2. The minimum atomic E-state index is -3.96. The van der Waals surface area contributed by atoms with Crippen LogP contribution in [0.3, 0.4) is 0 Å². The second kappa shape index (κ2) is 15.3. The summed E-state index contributed by atoms with van der Waals surface area (Å²) in [4.78, 5) is 25.7. The molecule has 7 nitrogen and oxygen atoms in total. The van der Waals surface area contributed by atoms with Crippen molar-refractivity contribution < 1.29 is 31.6 Å². The molecule has 2 aromatic rings. The molecule has 194 valence electrons. The Morgan fingerprint density at radius 2 is 1.57 bits per heavy atom. The molecule has 1 amide bonds. The molecule has 0 unspecified atom stereocenters. The van der Waals surface area contributed by atoms with Crippen LogP contribution in [0.1, 0.15) is 44.6 Å². The van der Waals surface area contributed by atoms with Gasteiger partial charge in [0.2, 0.25) is 5.91 Å². The third-order valence-electron chi connectivity index (χ3n) is 5.61. The van der Waals surface area contributed by atoms with Gasteiger partial charge in [-0.3, -0.25) is 4.79 Å². The maximum absolute atomic E-state index is 14.6. The van der Waals surface area contributed by atoms with Crippen LogP contribution < -0.4 is 11.1 Å². The molecule has 3 N–H and O–H groups in total. The van der Waals surface area contributed by atoms with Crippen LogP contribution in [-0.2, 0) is 29.0 Å². The first-order chi connectivity index (χ1) is 16.6. The van der Waals surface area contributed by atoms with E-state index in [-0.39, 0.29) is 35.2 Å². The molecule has 2 aromatic carbocycles. The van der Waals surface area contributed by atoms with E-state index in [9.17, 15) is 22.0 Å². The average Bonchev–Trinajstić information content (AvgIpc) is 2.88. The quantitative estimate of drug-likeness (QED) is 0.600. The first kappa shape index (κ1) is 32.3. The molecule has 3 rings (SSSR count). The van der Waals surface area contributed by atoms with Crippen molar-refractivity contribution in [1.82, 2.24) is 5.32 Å². The van der Waals surface area contributed by atoms with E-state index < -0.39 is 26.2 Å². The van der Waals surface area contributed by atoms with Crippen molar-refractivity contribution in [3.8, 4) is 0 Å². The second-order valence-corrected chi connectivity index (χ2v) is 10.2. The Kier molecular flexibility index (Phi) is 14.2. The van der Waals surface area contributed by atoms with Crippen molar-refractivity contribution in [2.24, 2.45) is 5.73 Å². The third kappa shape index (κ3) is 8.19. The Balaban J connectivity index is 0.00000112. The van der Waals surface area contributed by atoms with Gasteiger partial charge in [-0.25, -0.2) is 17.2 Å². The smallest absolute Gasteiger partial charge is 0.217 e. The van der Waals surface area contributed by atoms with Gasteiger partial charge in [0.25, 0.3) is 0 Å². The zero-order valence-corrected chi connectivity index (χ0v) is 21.3. The minimum Gasteiger partial charge on any atom is -0.370 e. The van der Waals surface area contributed by atoms with Gasteiger partial charge in [-0.15, -0.1) is 0 Å². The Labute approximate surface area is 210 Å². The highest BCUT2D eigenvalue weighted by Crippen LogP contribution is 2.48. The van der Waals surface area contributed by atoms with Crippen molar-refractivity contribution in [1.29, 1.82) is 0 Å². The molecule has 0 heterocycles. The average molecular weight is 533 g/mol. The van der Waals surface area contributed by atoms with E-state index in [1.807, 2.05) is 20.6 Å². The van der Waals surface area contributed by atoms with Gasteiger partial charge in [-0.2, -0.15) is 0 Å². The third-order valence-corrected chi connectivity index (χ3v) is 8.41. The van der Waals surface area contributed by atoms with Gasteiger partial charge >= 0.3 is 0 Å². The summed E-state index contributed by atoms with van der Waals surface area (Å²) in [6.07, 6.45) is 1.98. The minimum absolute atomic E-state index is 0.0634. The van der Waals surface area contributed by atoms with Crippen molar-refractivity contribution in [2.45, 2.75) is 54.7 Å². The second-order valence-electron chi connectivity index (χ2n) is 7.46. The summed E-state index contributed by atoms with van der Waals surface area (Å²) in [5.41, 5.74) is 4.56. The summed E-state index contributed by atoms with van der Waals surface area (Å²) in [5.74, 6) is -1.60. The highest BCUT2D eigenvalue weighted by Gasteiger charge is 2.49. The van der Waals surface area contributed by atoms with Crippen LogP contribution in [0.25, 0.3) is 0 Å². The zero-order valence-electron chi connectivity index (χ0n) is 19.7. The summed E-state index contributed by atoms with van der Waals surface area (Å²) in [6, 6.07) is 8.98. The van der Waals surface area contributed by atoms with Gasteiger partial charge in [0, 0.05) is 23.0 Å². The molecule has 0 aromatic heterocycles. The number of sulfone groups is 1. The van der Waals surface area contributed by atoms with Gasteiger partial charge in [0.15, 0.2) is 9.84 Å². The fourth-order valence-corrected chi connectivity index (χ4v) is 6.03. The molecule has 35 heavy (non-hydrogen) atoms. The summed E-state index contributed by atoms with van der Waals surface area (Å²) < 4.78 is 54.0. The Morgan fingerprint density at radius 3 is 2.00 bits per heavy atom. The molecule has 1 saturated carbocycles. The van der Waals surface area contributed by atoms with Crippen molar-refractivity contribution in [3.05, 3.63) is 64.7 Å². The summed E-state index contributed by atoms with van der Waals surface area (Å²) in [5, 5.41) is 3.55. The summed E-state index contributed by atoms with van der Waals surface area (Å²) in [6.45, 7) is 5.72. The molecule has 1 fully saturated rings. The lowest BCUT2D eigenvalue weighted by atomic mass is 9.80. The molecule has 0 spiro atoms. The first-order valence-corrected chi connectivity index (χ1v) is 12.4. The molecule has 1 aliphatic rings. The summed E-state index contributed by atoms with van der Waals surface area (Å²) in [7, 11) is -2.14. The fourth-order valence-electron chi connectivity index (χ4n) is 3.74. The van der Waals surface area contributed by atoms with Crippen molar-refractivity contribution in [3.63, 3.8) is 0 Å². The maximum atomic E-state index is 14.6.